The molecule has 0 spiro atoms. The molecule has 0 saturated carbocycles. The molecule has 0 saturated heterocycles. The number of furan rings is 4. The Morgan fingerprint density at radius 3 is 1.42 bits per heavy atom. The highest BCUT2D eigenvalue weighted by Crippen LogP contribution is 2.50. The Hall–Kier alpha value is -6.78. The van der Waals surface area contributed by atoms with Crippen LogP contribution < -0.4 is 0 Å². The number of benzene rings is 8. The van der Waals surface area contributed by atoms with Gasteiger partial charge >= 0.3 is 0 Å². The molecule has 4 heteroatoms. The highest BCUT2D eigenvalue weighted by Gasteiger charge is 2.25. The molecule has 0 aliphatic rings. The Balaban J connectivity index is 1.23. The summed E-state index contributed by atoms with van der Waals surface area (Å²) in [5.41, 5.74) is 9.05. The van der Waals surface area contributed by atoms with Gasteiger partial charge in [0.1, 0.15) is 33.7 Å². The monoisotopic (exact) mass is 640 g/mol. The van der Waals surface area contributed by atoms with Crippen molar-refractivity contribution in [3.63, 3.8) is 0 Å². The van der Waals surface area contributed by atoms with Crippen molar-refractivity contribution in [3.8, 4) is 22.5 Å². The molecule has 0 fully saturated rings. The summed E-state index contributed by atoms with van der Waals surface area (Å²) in [5.74, 6) is 0.807. The van der Waals surface area contributed by atoms with Gasteiger partial charge < -0.3 is 17.7 Å². The van der Waals surface area contributed by atoms with Gasteiger partial charge in [-0.1, -0.05) is 103 Å². The number of fused-ring (bicyclic) bond motifs is 14. The van der Waals surface area contributed by atoms with Crippen molar-refractivity contribution in [3.05, 3.63) is 146 Å². The van der Waals surface area contributed by atoms with Gasteiger partial charge in [0.2, 0.25) is 0 Å². The summed E-state index contributed by atoms with van der Waals surface area (Å²) in [6.45, 7) is 0. The summed E-state index contributed by atoms with van der Waals surface area (Å²) in [6.07, 6.45) is 0. The lowest BCUT2D eigenvalue weighted by Gasteiger charge is -2.17. The molecule has 0 N–H and O–H groups in total. The summed E-state index contributed by atoms with van der Waals surface area (Å²) in [5, 5.41) is 11.9. The predicted molar refractivity (Wildman–Crippen MR) is 204 cm³/mol. The SMILES string of the molecule is c1ccc2c(c1)oc1c3cc(-c4c5ccccc5c(-c5cc6c7ccccc7oc6c6oc7ccccc7c56)c5ccccc45)oc3ccc21. The van der Waals surface area contributed by atoms with E-state index in [0.29, 0.717) is 0 Å². The minimum Gasteiger partial charge on any atom is -0.456 e. The van der Waals surface area contributed by atoms with E-state index >= 15 is 0 Å². The molecule has 50 heavy (non-hydrogen) atoms. The fourth-order valence-corrected chi connectivity index (χ4v) is 8.37. The molecule has 4 aromatic heterocycles. The van der Waals surface area contributed by atoms with Crippen molar-refractivity contribution >= 4 is 98.3 Å². The number of rotatable bonds is 2. The highest BCUT2D eigenvalue weighted by molar-refractivity contribution is 6.30. The van der Waals surface area contributed by atoms with Crippen LogP contribution >= 0.6 is 0 Å². The van der Waals surface area contributed by atoms with Crippen LogP contribution in [-0.4, -0.2) is 0 Å². The zero-order valence-corrected chi connectivity index (χ0v) is 26.5. The van der Waals surface area contributed by atoms with Crippen LogP contribution in [0.15, 0.2) is 163 Å². The van der Waals surface area contributed by atoms with E-state index in [1.54, 1.807) is 0 Å². The lowest BCUT2D eigenvalue weighted by atomic mass is 9.85. The van der Waals surface area contributed by atoms with E-state index in [0.717, 1.165) is 121 Å². The van der Waals surface area contributed by atoms with Crippen LogP contribution in [0, 0.1) is 0 Å². The van der Waals surface area contributed by atoms with Crippen LogP contribution in [0.4, 0.5) is 0 Å². The van der Waals surface area contributed by atoms with Crippen LogP contribution in [0.5, 0.6) is 0 Å². The number of hydrogen-bond acceptors (Lipinski definition) is 4. The van der Waals surface area contributed by atoms with E-state index in [2.05, 4.69) is 109 Å². The van der Waals surface area contributed by atoms with Gasteiger partial charge in [0.25, 0.3) is 0 Å². The standard InChI is InChI=1S/C46H24O4/c1-3-15-29-27(13-1)41(35-23-33-26-12-6-9-19-37(26)49-45(33)46-43(35)32-17-7-10-20-38(32)50-46)28-14-2-4-16-30(28)42(29)40-24-34-39(47-40)22-21-31-25-11-5-8-18-36(25)48-44(31)34/h1-24H. The third-order valence-corrected chi connectivity index (χ3v) is 10.5. The van der Waals surface area contributed by atoms with Crippen LogP contribution in [0.25, 0.3) is 121 Å². The predicted octanol–water partition coefficient (Wildman–Crippen LogP) is 13.8. The molecule has 8 aromatic carbocycles. The van der Waals surface area contributed by atoms with Crippen molar-refractivity contribution in [2.24, 2.45) is 0 Å². The van der Waals surface area contributed by atoms with E-state index in [4.69, 9.17) is 17.7 Å². The van der Waals surface area contributed by atoms with Crippen LogP contribution in [-0.2, 0) is 0 Å². The van der Waals surface area contributed by atoms with Gasteiger partial charge in [-0.05, 0) is 75.1 Å². The molecular weight excluding hydrogens is 617 g/mol. The van der Waals surface area contributed by atoms with Gasteiger partial charge in [-0.3, -0.25) is 0 Å². The van der Waals surface area contributed by atoms with Crippen molar-refractivity contribution in [2.75, 3.05) is 0 Å². The van der Waals surface area contributed by atoms with Gasteiger partial charge in [0.15, 0.2) is 11.2 Å². The summed E-state index contributed by atoms with van der Waals surface area (Å²) >= 11 is 0. The second-order valence-corrected chi connectivity index (χ2v) is 13.1. The number of hydrogen-bond donors (Lipinski definition) is 0. The van der Waals surface area contributed by atoms with E-state index in [1.807, 2.05) is 36.4 Å². The fraction of sp³-hybridized carbons (Fsp3) is 0. The fourth-order valence-electron chi connectivity index (χ4n) is 8.37. The Morgan fingerprint density at radius 2 is 0.760 bits per heavy atom. The lowest BCUT2D eigenvalue weighted by Crippen LogP contribution is -1.91. The van der Waals surface area contributed by atoms with E-state index in [-0.39, 0.29) is 0 Å². The zero-order valence-electron chi connectivity index (χ0n) is 26.5. The summed E-state index contributed by atoms with van der Waals surface area (Å²) < 4.78 is 26.3. The Kier molecular flexibility index (Phi) is 4.94. The minimum absolute atomic E-state index is 0.763. The molecule has 0 atom stereocenters. The molecule has 0 unspecified atom stereocenters. The molecule has 0 bridgehead atoms. The Morgan fingerprint density at radius 1 is 0.280 bits per heavy atom. The maximum atomic E-state index is 6.74. The topological polar surface area (TPSA) is 52.6 Å². The molecule has 0 amide bonds. The third-order valence-electron chi connectivity index (χ3n) is 10.5. The van der Waals surface area contributed by atoms with Crippen LogP contribution in [0.2, 0.25) is 0 Å². The second-order valence-electron chi connectivity index (χ2n) is 13.1. The normalized spacial score (nSPS) is 12.4. The van der Waals surface area contributed by atoms with Gasteiger partial charge in [-0.2, -0.15) is 0 Å². The lowest BCUT2D eigenvalue weighted by molar-refractivity contribution is 0.632. The molecule has 4 nitrogen and oxygen atoms in total. The van der Waals surface area contributed by atoms with Crippen molar-refractivity contribution in [1.82, 2.24) is 0 Å². The van der Waals surface area contributed by atoms with E-state index < -0.39 is 0 Å². The van der Waals surface area contributed by atoms with Crippen molar-refractivity contribution in [1.29, 1.82) is 0 Å². The molecule has 12 rings (SSSR count). The zero-order chi connectivity index (χ0) is 32.5. The average Bonchev–Trinajstić information content (AvgIpc) is 3.94. The van der Waals surface area contributed by atoms with E-state index in [1.165, 1.54) is 0 Å². The quantitative estimate of drug-likeness (QED) is 0.176. The first kappa shape index (κ1) is 26.2. The van der Waals surface area contributed by atoms with Gasteiger partial charge in [0.05, 0.1) is 5.39 Å². The van der Waals surface area contributed by atoms with Crippen molar-refractivity contribution < 1.29 is 17.7 Å². The number of para-hydroxylation sites is 3. The largest absolute Gasteiger partial charge is 0.456 e. The van der Waals surface area contributed by atoms with Gasteiger partial charge in [0, 0.05) is 37.9 Å². The van der Waals surface area contributed by atoms with Crippen LogP contribution in [0.3, 0.4) is 0 Å². The summed E-state index contributed by atoms with van der Waals surface area (Å²) in [7, 11) is 0. The molecule has 4 heterocycles. The smallest absolute Gasteiger partial charge is 0.179 e. The molecule has 0 radical (unpaired) electrons. The second kappa shape index (κ2) is 9.43. The highest BCUT2D eigenvalue weighted by atomic mass is 16.4. The molecule has 0 aliphatic carbocycles. The van der Waals surface area contributed by atoms with E-state index in [9.17, 15) is 0 Å². The first-order valence-corrected chi connectivity index (χ1v) is 16.8. The van der Waals surface area contributed by atoms with Gasteiger partial charge in [-0.15, -0.1) is 0 Å². The maximum Gasteiger partial charge on any atom is 0.179 e. The average molecular weight is 641 g/mol. The summed E-state index contributed by atoms with van der Waals surface area (Å²) in [4.78, 5) is 0. The van der Waals surface area contributed by atoms with Gasteiger partial charge in [-0.25, -0.2) is 0 Å². The molecular formula is C46H24O4. The summed E-state index contributed by atoms with van der Waals surface area (Å²) in [6, 6.07) is 50.6. The first-order chi connectivity index (χ1) is 24.8. The Labute approximate surface area is 283 Å². The molecule has 12 aromatic rings. The first-order valence-electron chi connectivity index (χ1n) is 16.8. The maximum absolute atomic E-state index is 6.74. The van der Waals surface area contributed by atoms with Crippen LogP contribution in [0.1, 0.15) is 0 Å². The molecule has 232 valence electrons. The minimum atomic E-state index is 0.763. The third kappa shape index (κ3) is 3.34. The molecule has 0 aliphatic heterocycles. The Bertz CT molecular complexity index is 3330. The van der Waals surface area contributed by atoms with Crippen molar-refractivity contribution in [2.45, 2.75) is 0 Å².